The van der Waals surface area contributed by atoms with Crippen molar-refractivity contribution in [3.05, 3.63) is 53.9 Å². The molecule has 1 aromatic carbocycles. The molecule has 0 aliphatic carbocycles. The third-order valence-electron chi connectivity index (χ3n) is 4.36. The molecule has 7 heteroatoms. The van der Waals surface area contributed by atoms with Crippen LogP contribution in [0.3, 0.4) is 0 Å². The van der Waals surface area contributed by atoms with Gasteiger partial charge in [-0.15, -0.1) is 10.2 Å². The zero-order chi connectivity index (χ0) is 16.4. The van der Waals surface area contributed by atoms with Crippen LogP contribution in [0.2, 0.25) is 0 Å². The minimum atomic E-state index is -0.314. The summed E-state index contributed by atoms with van der Waals surface area (Å²) >= 11 is 0. The smallest absolute Gasteiger partial charge is 0.247 e. The van der Waals surface area contributed by atoms with Gasteiger partial charge in [-0.2, -0.15) is 5.10 Å². The highest BCUT2D eigenvalue weighted by Gasteiger charge is 2.23. The molecule has 0 bridgehead atoms. The van der Waals surface area contributed by atoms with Gasteiger partial charge in [-0.25, -0.2) is 4.39 Å². The van der Waals surface area contributed by atoms with Crippen molar-refractivity contribution in [1.29, 1.82) is 0 Å². The van der Waals surface area contributed by atoms with Crippen molar-refractivity contribution in [1.82, 2.24) is 25.3 Å². The summed E-state index contributed by atoms with van der Waals surface area (Å²) in [5, 5.41) is 15.2. The van der Waals surface area contributed by atoms with Crippen LogP contribution in [-0.2, 0) is 6.54 Å². The first-order valence-corrected chi connectivity index (χ1v) is 8.08. The van der Waals surface area contributed by atoms with Crippen LogP contribution in [-0.4, -0.2) is 38.4 Å². The molecule has 3 heterocycles. The molecule has 1 atom stereocenters. The fraction of sp³-hybridized carbons (Fsp3) is 0.353. The maximum atomic E-state index is 13.3. The Morgan fingerprint density at radius 3 is 3.08 bits per heavy atom. The first-order chi connectivity index (χ1) is 11.8. The zero-order valence-corrected chi connectivity index (χ0v) is 13.2. The number of benzene rings is 1. The molecule has 0 radical (unpaired) electrons. The van der Waals surface area contributed by atoms with E-state index in [0.29, 0.717) is 29.8 Å². The minimum absolute atomic E-state index is 0.314. The molecular formula is C17H18FN5O. The second-order valence-electron chi connectivity index (χ2n) is 6.10. The van der Waals surface area contributed by atoms with Crippen molar-refractivity contribution in [2.45, 2.75) is 25.3 Å². The predicted molar refractivity (Wildman–Crippen MR) is 85.5 cm³/mol. The largest absolute Gasteiger partial charge is 0.419 e. The second kappa shape index (κ2) is 6.52. The van der Waals surface area contributed by atoms with E-state index in [9.17, 15) is 4.39 Å². The van der Waals surface area contributed by atoms with E-state index in [-0.39, 0.29) is 5.82 Å². The van der Waals surface area contributed by atoms with Crippen molar-refractivity contribution in [3.63, 3.8) is 0 Å². The van der Waals surface area contributed by atoms with Crippen molar-refractivity contribution in [2.24, 2.45) is 0 Å². The number of aromatic nitrogens is 4. The lowest BCUT2D eigenvalue weighted by molar-refractivity contribution is 0.182. The summed E-state index contributed by atoms with van der Waals surface area (Å²) in [5.74, 6) is 1.05. The maximum absolute atomic E-state index is 13.3. The molecule has 0 unspecified atom stereocenters. The molecule has 6 nitrogen and oxygen atoms in total. The van der Waals surface area contributed by atoms with Crippen LogP contribution in [0.25, 0.3) is 11.5 Å². The lowest BCUT2D eigenvalue weighted by Gasteiger charge is -2.31. The van der Waals surface area contributed by atoms with Crippen molar-refractivity contribution < 1.29 is 8.81 Å². The van der Waals surface area contributed by atoms with Crippen molar-refractivity contribution in [2.75, 3.05) is 13.1 Å². The molecule has 3 aromatic rings. The first-order valence-electron chi connectivity index (χ1n) is 8.08. The third kappa shape index (κ3) is 3.21. The summed E-state index contributed by atoms with van der Waals surface area (Å²) in [6, 6.07) is 8.21. The molecule has 0 amide bonds. The number of nitrogens with zero attached hydrogens (tertiary/aromatic N) is 4. The number of hydrogen-bond acceptors (Lipinski definition) is 5. The summed E-state index contributed by atoms with van der Waals surface area (Å²) in [5.41, 5.74) is 1.77. The summed E-state index contributed by atoms with van der Waals surface area (Å²) < 4.78 is 19.0. The fourth-order valence-electron chi connectivity index (χ4n) is 3.19. The highest BCUT2D eigenvalue weighted by molar-refractivity contribution is 5.52. The van der Waals surface area contributed by atoms with Gasteiger partial charge in [0.05, 0.1) is 6.54 Å². The summed E-state index contributed by atoms with van der Waals surface area (Å²) in [6.45, 7) is 2.54. The van der Waals surface area contributed by atoms with E-state index in [1.165, 1.54) is 17.8 Å². The number of hydrogen-bond donors (Lipinski definition) is 1. The number of aromatic amines is 1. The van der Waals surface area contributed by atoms with Gasteiger partial charge in [0.2, 0.25) is 11.8 Å². The first kappa shape index (κ1) is 15.0. The Balaban J connectivity index is 1.44. The highest BCUT2D eigenvalue weighted by atomic mass is 19.1. The fourth-order valence-corrected chi connectivity index (χ4v) is 3.19. The maximum Gasteiger partial charge on any atom is 0.247 e. The highest BCUT2D eigenvalue weighted by Crippen LogP contribution is 2.26. The summed E-state index contributed by atoms with van der Waals surface area (Å²) in [6.07, 6.45) is 4.06. The van der Waals surface area contributed by atoms with Gasteiger partial charge in [-0.05, 0) is 43.7 Å². The van der Waals surface area contributed by atoms with Crippen LogP contribution in [0.15, 0.2) is 40.9 Å². The van der Waals surface area contributed by atoms with Crippen LogP contribution in [0.5, 0.6) is 0 Å². The lowest BCUT2D eigenvalue weighted by atomic mass is 9.95. The Bertz CT molecular complexity index is 801. The standard InChI is InChI=1S/C17H18FN5O/c18-14-5-1-3-12(9-14)17-22-21-16(24-17)11-23-8-2-4-13(10-23)15-6-7-19-20-15/h1,3,5-7,9,13H,2,4,8,10-11H2,(H,19,20)/t13-/m0/s1. The predicted octanol–water partition coefficient (Wildman–Crippen LogP) is 2.98. The molecule has 1 N–H and O–H groups in total. The number of halogens is 1. The Morgan fingerprint density at radius 2 is 2.25 bits per heavy atom. The number of piperidine rings is 1. The Hall–Kier alpha value is -2.54. The van der Waals surface area contributed by atoms with Crippen LogP contribution >= 0.6 is 0 Å². The molecule has 4 rings (SSSR count). The minimum Gasteiger partial charge on any atom is -0.419 e. The molecule has 1 aliphatic heterocycles. The Kier molecular flexibility index (Phi) is 4.08. The van der Waals surface area contributed by atoms with E-state index in [1.807, 2.05) is 6.07 Å². The van der Waals surface area contributed by atoms with E-state index in [2.05, 4.69) is 25.3 Å². The van der Waals surface area contributed by atoms with Crippen LogP contribution in [0.4, 0.5) is 4.39 Å². The van der Waals surface area contributed by atoms with Gasteiger partial charge in [0.1, 0.15) is 5.82 Å². The molecule has 1 saturated heterocycles. The van der Waals surface area contributed by atoms with Gasteiger partial charge in [0.25, 0.3) is 0 Å². The second-order valence-corrected chi connectivity index (χ2v) is 6.10. The van der Waals surface area contributed by atoms with Crippen molar-refractivity contribution in [3.8, 4) is 11.5 Å². The molecular weight excluding hydrogens is 309 g/mol. The third-order valence-corrected chi connectivity index (χ3v) is 4.36. The summed E-state index contributed by atoms with van der Waals surface area (Å²) in [7, 11) is 0. The molecule has 2 aromatic heterocycles. The Labute approximate surface area is 138 Å². The number of likely N-dealkylation sites (tertiary alicyclic amines) is 1. The van der Waals surface area contributed by atoms with Gasteiger partial charge in [-0.1, -0.05) is 6.07 Å². The molecule has 124 valence electrons. The van der Waals surface area contributed by atoms with Gasteiger partial charge in [0.15, 0.2) is 0 Å². The van der Waals surface area contributed by atoms with Crippen LogP contribution in [0, 0.1) is 5.82 Å². The lowest BCUT2D eigenvalue weighted by Crippen LogP contribution is -2.34. The number of rotatable bonds is 4. The van der Waals surface area contributed by atoms with E-state index in [4.69, 9.17) is 4.42 Å². The topological polar surface area (TPSA) is 70.8 Å². The quantitative estimate of drug-likeness (QED) is 0.798. The average molecular weight is 327 g/mol. The summed E-state index contributed by atoms with van der Waals surface area (Å²) in [4.78, 5) is 2.30. The van der Waals surface area contributed by atoms with E-state index >= 15 is 0 Å². The number of H-pyrrole nitrogens is 1. The SMILES string of the molecule is Fc1cccc(-c2nnc(CN3CCC[C@H](c4ccn[nH]4)C3)o2)c1. The van der Waals surface area contributed by atoms with E-state index < -0.39 is 0 Å². The molecule has 24 heavy (non-hydrogen) atoms. The van der Waals surface area contributed by atoms with Crippen LogP contribution in [0.1, 0.15) is 30.3 Å². The van der Waals surface area contributed by atoms with E-state index in [1.54, 1.807) is 18.3 Å². The van der Waals surface area contributed by atoms with Gasteiger partial charge in [0, 0.05) is 29.9 Å². The monoisotopic (exact) mass is 327 g/mol. The average Bonchev–Trinajstić information content (AvgIpc) is 3.27. The number of nitrogens with one attached hydrogen (secondary N) is 1. The zero-order valence-electron chi connectivity index (χ0n) is 13.2. The molecule has 0 saturated carbocycles. The molecule has 0 spiro atoms. The van der Waals surface area contributed by atoms with Crippen molar-refractivity contribution >= 4 is 0 Å². The Morgan fingerprint density at radius 1 is 1.29 bits per heavy atom. The molecule has 1 aliphatic rings. The van der Waals surface area contributed by atoms with Gasteiger partial charge in [-0.3, -0.25) is 10.00 Å². The van der Waals surface area contributed by atoms with Gasteiger partial charge >= 0.3 is 0 Å². The normalized spacial score (nSPS) is 18.8. The molecule has 1 fully saturated rings. The van der Waals surface area contributed by atoms with Gasteiger partial charge < -0.3 is 4.42 Å². The van der Waals surface area contributed by atoms with E-state index in [0.717, 1.165) is 25.9 Å². The van der Waals surface area contributed by atoms with Crippen LogP contribution < -0.4 is 0 Å².